The summed E-state index contributed by atoms with van der Waals surface area (Å²) < 4.78 is 21.6. The molecule has 6 heteroatoms. The van der Waals surface area contributed by atoms with Crippen LogP contribution in [0.2, 0.25) is 0 Å². The minimum absolute atomic E-state index is 0.0998. The van der Waals surface area contributed by atoms with Gasteiger partial charge in [0.15, 0.2) is 17.8 Å². The molecule has 1 aliphatic heterocycles. The molecular weight excluding hydrogens is 337 g/mol. The summed E-state index contributed by atoms with van der Waals surface area (Å²) in [5.41, 5.74) is 2.26. The summed E-state index contributed by atoms with van der Waals surface area (Å²) in [6.45, 7) is 2.29. The third-order valence-electron chi connectivity index (χ3n) is 4.26. The van der Waals surface area contributed by atoms with Gasteiger partial charge in [0.25, 0.3) is 0 Å². The van der Waals surface area contributed by atoms with E-state index in [1.165, 1.54) is 17.6 Å². The first-order valence-electron chi connectivity index (χ1n) is 8.21. The lowest BCUT2D eigenvalue weighted by Gasteiger charge is -2.11. The standard InChI is InChI=1S/C19H18FN3OS/c1-13-7-9-15(10-8-13)25-24-12-18-21-19-16(20)11-17(23(19)22-18)14-5-3-2-4-6-14/h2-10,16-17H,11-12H2,1H3. The Balaban J connectivity index is 1.45. The van der Waals surface area contributed by atoms with Gasteiger partial charge in [-0.15, -0.1) is 0 Å². The van der Waals surface area contributed by atoms with Crippen molar-refractivity contribution in [2.45, 2.75) is 37.1 Å². The summed E-state index contributed by atoms with van der Waals surface area (Å²) in [5, 5.41) is 4.47. The summed E-state index contributed by atoms with van der Waals surface area (Å²) >= 11 is 1.28. The number of halogens is 1. The van der Waals surface area contributed by atoms with Crippen LogP contribution >= 0.6 is 12.0 Å². The van der Waals surface area contributed by atoms with Crippen molar-refractivity contribution in [1.82, 2.24) is 14.8 Å². The lowest BCUT2D eigenvalue weighted by molar-refractivity contribution is 0.320. The van der Waals surface area contributed by atoms with Crippen LogP contribution in [0.3, 0.4) is 0 Å². The molecular formula is C19H18FN3OS. The Labute approximate surface area is 150 Å². The Bertz CT molecular complexity index is 851. The number of alkyl halides is 1. The van der Waals surface area contributed by atoms with E-state index < -0.39 is 6.17 Å². The minimum atomic E-state index is -1.09. The van der Waals surface area contributed by atoms with E-state index in [2.05, 4.69) is 10.1 Å². The van der Waals surface area contributed by atoms with Crippen LogP contribution in [0.4, 0.5) is 4.39 Å². The molecule has 2 unspecified atom stereocenters. The Morgan fingerprint density at radius 2 is 1.92 bits per heavy atom. The van der Waals surface area contributed by atoms with E-state index in [4.69, 9.17) is 4.18 Å². The molecule has 0 radical (unpaired) electrons. The van der Waals surface area contributed by atoms with Crippen LogP contribution in [0.5, 0.6) is 0 Å². The van der Waals surface area contributed by atoms with Gasteiger partial charge in [0.1, 0.15) is 6.61 Å². The number of fused-ring (bicyclic) bond motifs is 1. The van der Waals surface area contributed by atoms with Crippen LogP contribution in [0.1, 0.15) is 41.4 Å². The first-order chi connectivity index (χ1) is 12.2. The van der Waals surface area contributed by atoms with Gasteiger partial charge in [0.05, 0.1) is 6.04 Å². The zero-order valence-electron chi connectivity index (χ0n) is 13.8. The molecule has 2 aromatic carbocycles. The Morgan fingerprint density at radius 3 is 2.68 bits per heavy atom. The number of aromatic nitrogens is 3. The fourth-order valence-electron chi connectivity index (χ4n) is 2.98. The van der Waals surface area contributed by atoms with E-state index in [0.29, 0.717) is 18.1 Å². The monoisotopic (exact) mass is 355 g/mol. The van der Waals surface area contributed by atoms with Crippen molar-refractivity contribution in [1.29, 1.82) is 0 Å². The SMILES string of the molecule is Cc1ccc(SOCc2nc3n(n2)C(c2ccccc2)CC3F)cc1. The fourth-order valence-corrected chi connectivity index (χ4v) is 3.53. The van der Waals surface area contributed by atoms with Gasteiger partial charge in [-0.3, -0.25) is 0 Å². The predicted molar refractivity (Wildman–Crippen MR) is 94.9 cm³/mol. The van der Waals surface area contributed by atoms with Crippen LogP contribution in [0.15, 0.2) is 59.5 Å². The molecule has 0 bridgehead atoms. The Kier molecular flexibility index (Phi) is 4.55. The summed E-state index contributed by atoms with van der Waals surface area (Å²) in [6, 6.07) is 17.8. The van der Waals surface area contributed by atoms with Gasteiger partial charge in [-0.05, 0) is 24.6 Å². The lowest BCUT2D eigenvalue weighted by Crippen LogP contribution is -2.07. The number of rotatable bonds is 5. The quantitative estimate of drug-likeness (QED) is 0.616. The zero-order valence-corrected chi connectivity index (χ0v) is 14.6. The van der Waals surface area contributed by atoms with Gasteiger partial charge < -0.3 is 4.18 Å². The molecule has 0 N–H and O–H groups in total. The fraction of sp³-hybridized carbons (Fsp3) is 0.263. The molecule has 4 rings (SSSR count). The number of nitrogens with zero attached hydrogens (tertiary/aromatic N) is 3. The normalized spacial score (nSPS) is 19.1. The van der Waals surface area contributed by atoms with Crippen LogP contribution in [-0.4, -0.2) is 14.8 Å². The van der Waals surface area contributed by atoms with Crippen LogP contribution < -0.4 is 0 Å². The second-order valence-corrected chi connectivity index (χ2v) is 6.99. The van der Waals surface area contributed by atoms with E-state index in [1.807, 2.05) is 61.5 Å². The molecule has 25 heavy (non-hydrogen) atoms. The van der Waals surface area contributed by atoms with Crippen molar-refractivity contribution in [2.75, 3.05) is 0 Å². The third kappa shape index (κ3) is 3.45. The first kappa shape index (κ1) is 16.3. The molecule has 1 aliphatic rings. The number of hydrogen-bond donors (Lipinski definition) is 0. The van der Waals surface area contributed by atoms with Gasteiger partial charge in [0.2, 0.25) is 0 Å². The average molecular weight is 355 g/mol. The maximum atomic E-state index is 14.3. The molecule has 2 atom stereocenters. The second kappa shape index (κ2) is 6.98. The predicted octanol–water partition coefficient (Wildman–Crippen LogP) is 4.81. The molecule has 0 saturated carbocycles. The molecule has 128 valence electrons. The van der Waals surface area contributed by atoms with Gasteiger partial charge in [-0.2, -0.15) is 5.10 Å². The van der Waals surface area contributed by atoms with E-state index in [9.17, 15) is 4.39 Å². The highest BCUT2D eigenvalue weighted by Gasteiger charge is 2.35. The van der Waals surface area contributed by atoms with Crippen LogP contribution in [0.25, 0.3) is 0 Å². The number of benzene rings is 2. The van der Waals surface area contributed by atoms with Gasteiger partial charge in [-0.25, -0.2) is 14.1 Å². The lowest BCUT2D eigenvalue weighted by atomic mass is 10.0. The summed E-state index contributed by atoms with van der Waals surface area (Å²) in [4.78, 5) is 5.35. The maximum absolute atomic E-state index is 14.3. The second-order valence-electron chi connectivity index (χ2n) is 6.12. The van der Waals surface area contributed by atoms with Crippen molar-refractivity contribution < 1.29 is 8.57 Å². The molecule has 0 spiro atoms. The van der Waals surface area contributed by atoms with Crippen molar-refractivity contribution >= 4 is 12.0 Å². The Morgan fingerprint density at radius 1 is 1.16 bits per heavy atom. The highest BCUT2D eigenvalue weighted by atomic mass is 32.2. The van der Waals surface area contributed by atoms with Crippen molar-refractivity contribution in [2.24, 2.45) is 0 Å². The molecule has 0 fully saturated rings. The number of hydrogen-bond acceptors (Lipinski definition) is 4. The summed E-state index contributed by atoms with van der Waals surface area (Å²) in [5.74, 6) is 0.908. The summed E-state index contributed by atoms with van der Waals surface area (Å²) in [7, 11) is 0. The average Bonchev–Trinajstić information content (AvgIpc) is 3.18. The van der Waals surface area contributed by atoms with Crippen molar-refractivity contribution in [3.8, 4) is 0 Å². The minimum Gasteiger partial charge on any atom is -0.302 e. The third-order valence-corrected chi connectivity index (χ3v) is 4.96. The smallest absolute Gasteiger partial charge is 0.178 e. The molecule has 1 aromatic heterocycles. The van der Waals surface area contributed by atoms with E-state index in [0.717, 1.165) is 10.5 Å². The zero-order chi connectivity index (χ0) is 17.2. The van der Waals surface area contributed by atoms with Gasteiger partial charge >= 0.3 is 0 Å². The largest absolute Gasteiger partial charge is 0.302 e. The van der Waals surface area contributed by atoms with Crippen LogP contribution in [-0.2, 0) is 10.8 Å². The number of aryl methyl sites for hydroxylation is 1. The highest BCUT2D eigenvalue weighted by Crippen LogP contribution is 2.39. The topological polar surface area (TPSA) is 39.9 Å². The Hall–Kier alpha value is -2.18. The van der Waals surface area contributed by atoms with E-state index >= 15 is 0 Å². The van der Waals surface area contributed by atoms with Gasteiger partial charge in [-0.1, -0.05) is 48.0 Å². The highest BCUT2D eigenvalue weighted by molar-refractivity contribution is 7.94. The van der Waals surface area contributed by atoms with Crippen LogP contribution in [0, 0.1) is 6.92 Å². The molecule has 0 amide bonds. The van der Waals surface area contributed by atoms with Crippen molar-refractivity contribution in [3.05, 3.63) is 77.4 Å². The first-order valence-corrected chi connectivity index (χ1v) is 8.95. The van der Waals surface area contributed by atoms with E-state index in [1.54, 1.807) is 4.68 Å². The molecule has 4 nitrogen and oxygen atoms in total. The van der Waals surface area contributed by atoms with Crippen molar-refractivity contribution in [3.63, 3.8) is 0 Å². The molecule has 2 heterocycles. The maximum Gasteiger partial charge on any atom is 0.178 e. The molecule has 0 saturated heterocycles. The van der Waals surface area contributed by atoms with E-state index in [-0.39, 0.29) is 12.6 Å². The molecule has 0 aliphatic carbocycles. The van der Waals surface area contributed by atoms with Gasteiger partial charge in [0, 0.05) is 23.4 Å². The summed E-state index contributed by atoms with van der Waals surface area (Å²) in [6.07, 6.45) is -0.699. The molecule has 3 aromatic rings.